The molecule has 1 N–H and O–H groups in total. The molecule has 0 bridgehead atoms. The summed E-state index contributed by atoms with van der Waals surface area (Å²) < 4.78 is 37.9. The summed E-state index contributed by atoms with van der Waals surface area (Å²) in [6.45, 7) is 4.94. The van der Waals surface area contributed by atoms with Gasteiger partial charge in [0, 0.05) is 25.7 Å². The molecule has 0 saturated heterocycles. The first-order valence-corrected chi connectivity index (χ1v) is 6.98. The quantitative estimate of drug-likeness (QED) is 0.803. The van der Waals surface area contributed by atoms with Crippen LogP contribution in [0.15, 0.2) is 59.5 Å². The average molecular weight is 312 g/mol. The van der Waals surface area contributed by atoms with Gasteiger partial charge in [-0.2, -0.15) is 13.2 Å². The maximum Gasteiger partial charge on any atom is 0.416 e. The van der Waals surface area contributed by atoms with Crippen LogP contribution in [0.5, 0.6) is 0 Å². The summed E-state index contributed by atoms with van der Waals surface area (Å²) in [6.07, 6.45) is 3.50. The van der Waals surface area contributed by atoms with Gasteiger partial charge < -0.3 is 4.90 Å². The van der Waals surface area contributed by atoms with Crippen LogP contribution in [-0.2, 0) is 0 Å². The number of hydroxylamine groups is 2. The molecule has 2 aliphatic rings. The Bertz CT molecular complexity index is 570. The van der Waals surface area contributed by atoms with Gasteiger partial charge in [-0.25, -0.2) is 5.06 Å². The molecule has 6 heteroatoms. The van der Waals surface area contributed by atoms with Crippen LogP contribution in [0.2, 0.25) is 0 Å². The molecular formula is C16H19F3N2O. The molecule has 120 valence electrons. The summed E-state index contributed by atoms with van der Waals surface area (Å²) >= 11 is 0. The predicted molar refractivity (Wildman–Crippen MR) is 78.9 cm³/mol. The summed E-state index contributed by atoms with van der Waals surface area (Å²) in [7, 11) is 2.03. The molecule has 0 aromatic rings. The van der Waals surface area contributed by atoms with E-state index in [1.807, 2.05) is 7.05 Å². The van der Waals surface area contributed by atoms with E-state index >= 15 is 0 Å². The van der Waals surface area contributed by atoms with E-state index in [2.05, 4.69) is 17.6 Å². The molecule has 0 spiro atoms. The second kappa shape index (κ2) is 6.54. The van der Waals surface area contributed by atoms with Crippen LogP contribution in [0.4, 0.5) is 13.2 Å². The van der Waals surface area contributed by atoms with Crippen molar-refractivity contribution in [2.24, 2.45) is 0 Å². The van der Waals surface area contributed by atoms with E-state index in [4.69, 9.17) is 0 Å². The largest absolute Gasteiger partial charge is 0.416 e. The third kappa shape index (κ3) is 3.90. The molecule has 0 aromatic heterocycles. The number of halogens is 3. The van der Waals surface area contributed by atoms with E-state index in [1.54, 1.807) is 6.20 Å². The van der Waals surface area contributed by atoms with Gasteiger partial charge >= 0.3 is 6.18 Å². The molecule has 2 heterocycles. The van der Waals surface area contributed by atoms with E-state index in [9.17, 15) is 18.4 Å². The summed E-state index contributed by atoms with van der Waals surface area (Å²) in [5.41, 5.74) is 1.67. The Morgan fingerprint density at radius 3 is 2.64 bits per heavy atom. The summed E-state index contributed by atoms with van der Waals surface area (Å²) in [5.74, 6) is 0. The Balaban J connectivity index is 2.12. The van der Waals surface area contributed by atoms with Crippen LogP contribution >= 0.6 is 0 Å². The topological polar surface area (TPSA) is 26.7 Å². The molecular weight excluding hydrogens is 293 g/mol. The number of nitrogens with zero attached hydrogens (tertiary/aromatic N) is 2. The Kier molecular flexibility index (Phi) is 4.93. The molecule has 22 heavy (non-hydrogen) atoms. The standard InChI is InChI=1S/C16H19F3N2O/c1-3-14(16(17,18)19)4-5-15-10-13(11-21(15)22)12-6-8-20(2)9-7-12/h3-6,11,22H,1,7-10H2,2H3/b14-4+,15-5+. The minimum Gasteiger partial charge on any atom is -0.302 e. The molecule has 0 fully saturated rings. The van der Waals surface area contributed by atoms with Gasteiger partial charge in [-0.1, -0.05) is 18.7 Å². The molecule has 0 unspecified atom stereocenters. The van der Waals surface area contributed by atoms with Crippen molar-refractivity contribution in [2.45, 2.75) is 19.0 Å². The molecule has 0 radical (unpaired) electrons. The minimum atomic E-state index is -4.44. The lowest BCUT2D eigenvalue weighted by molar-refractivity contribution is -0.0881. The number of hydrogen-bond donors (Lipinski definition) is 1. The van der Waals surface area contributed by atoms with E-state index < -0.39 is 11.7 Å². The van der Waals surface area contributed by atoms with E-state index in [0.717, 1.165) is 47.9 Å². The molecule has 0 aliphatic carbocycles. The number of hydrogen-bond acceptors (Lipinski definition) is 3. The fourth-order valence-electron chi connectivity index (χ4n) is 2.41. The third-order valence-corrected chi connectivity index (χ3v) is 3.77. The zero-order valence-corrected chi connectivity index (χ0v) is 12.4. The fraction of sp³-hybridized carbons (Fsp3) is 0.375. The predicted octanol–water partition coefficient (Wildman–Crippen LogP) is 3.79. The zero-order chi connectivity index (χ0) is 16.3. The van der Waals surface area contributed by atoms with Crippen molar-refractivity contribution >= 4 is 0 Å². The summed E-state index contributed by atoms with van der Waals surface area (Å²) in [6, 6.07) is 0. The minimum absolute atomic E-state index is 0.415. The molecule has 3 nitrogen and oxygen atoms in total. The third-order valence-electron chi connectivity index (χ3n) is 3.77. The van der Waals surface area contributed by atoms with Crippen molar-refractivity contribution in [3.63, 3.8) is 0 Å². The van der Waals surface area contributed by atoms with Crippen molar-refractivity contribution in [1.82, 2.24) is 9.96 Å². The summed E-state index contributed by atoms with van der Waals surface area (Å²) in [5, 5.41) is 10.7. The highest BCUT2D eigenvalue weighted by Gasteiger charge is 2.31. The fourth-order valence-corrected chi connectivity index (χ4v) is 2.41. The Morgan fingerprint density at radius 2 is 2.09 bits per heavy atom. The van der Waals surface area contributed by atoms with Gasteiger partial charge in [0.2, 0.25) is 0 Å². The lowest BCUT2D eigenvalue weighted by atomic mass is 9.98. The van der Waals surface area contributed by atoms with E-state index in [-0.39, 0.29) is 0 Å². The van der Waals surface area contributed by atoms with Gasteiger partial charge in [0.15, 0.2) is 0 Å². The van der Waals surface area contributed by atoms with Crippen molar-refractivity contribution < 1.29 is 18.4 Å². The van der Waals surface area contributed by atoms with Gasteiger partial charge in [-0.3, -0.25) is 5.21 Å². The van der Waals surface area contributed by atoms with Crippen LogP contribution in [-0.4, -0.2) is 41.5 Å². The van der Waals surface area contributed by atoms with Gasteiger partial charge in [-0.05, 0) is 36.8 Å². The Hall–Kier alpha value is -1.79. The highest BCUT2D eigenvalue weighted by Crippen LogP contribution is 2.32. The number of rotatable bonds is 3. The van der Waals surface area contributed by atoms with Gasteiger partial charge in [0.25, 0.3) is 0 Å². The Labute approximate surface area is 128 Å². The van der Waals surface area contributed by atoms with Gasteiger partial charge in [-0.15, -0.1) is 0 Å². The van der Waals surface area contributed by atoms with Crippen LogP contribution in [0.3, 0.4) is 0 Å². The number of allylic oxidation sites excluding steroid dienone is 5. The smallest absolute Gasteiger partial charge is 0.302 e. The molecule has 0 aromatic carbocycles. The second-order valence-corrected chi connectivity index (χ2v) is 5.40. The molecule has 0 amide bonds. The first-order chi connectivity index (χ1) is 10.3. The maximum atomic E-state index is 12.6. The Morgan fingerprint density at radius 1 is 1.36 bits per heavy atom. The highest BCUT2D eigenvalue weighted by atomic mass is 19.4. The second-order valence-electron chi connectivity index (χ2n) is 5.40. The maximum absolute atomic E-state index is 12.6. The lowest BCUT2D eigenvalue weighted by Gasteiger charge is -2.22. The molecule has 2 aliphatic heterocycles. The average Bonchev–Trinajstić information content (AvgIpc) is 2.80. The molecule has 0 atom stereocenters. The van der Waals surface area contributed by atoms with Crippen LogP contribution in [0.25, 0.3) is 0 Å². The van der Waals surface area contributed by atoms with E-state index in [1.165, 1.54) is 6.08 Å². The molecule has 0 saturated carbocycles. The number of likely N-dealkylation sites (N-methyl/N-ethyl adjacent to an activating group) is 1. The van der Waals surface area contributed by atoms with Crippen molar-refractivity contribution in [3.05, 3.63) is 59.5 Å². The monoisotopic (exact) mass is 312 g/mol. The van der Waals surface area contributed by atoms with Crippen molar-refractivity contribution in [3.8, 4) is 0 Å². The number of alkyl halides is 3. The first kappa shape index (κ1) is 16.6. The van der Waals surface area contributed by atoms with E-state index in [0.29, 0.717) is 12.1 Å². The van der Waals surface area contributed by atoms with Crippen molar-refractivity contribution in [2.75, 3.05) is 20.1 Å². The van der Waals surface area contributed by atoms with Crippen molar-refractivity contribution in [1.29, 1.82) is 0 Å². The zero-order valence-electron chi connectivity index (χ0n) is 12.4. The first-order valence-electron chi connectivity index (χ1n) is 6.98. The highest BCUT2D eigenvalue weighted by molar-refractivity contribution is 5.41. The van der Waals surface area contributed by atoms with Crippen LogP contribution < -0.4 is 0 Å². The normalized spacial score (nSPS) is 22.9. The van der Waals surface area contributed by atoms with Gasteiger partial charge in [0.1, 0.15) is 0 Å². The molecule has 2 rings (SSSR count). The van der Waals surface area contributed by atoms with Crippen LogP contribution in [0.1, 0.15) is 12.8 Å². The summed E-state index contributed by atoms with van der Waals surface area (Å²) in [4.78, 5) is 2.18. The van der Waals surface area contributed by atoms with Crippen LogP contribution in [0, 0.1) is 0 Å². The SMILES string of the molecule is C=C/C(=C\C=C1/CC(C2=CCN(C)CC2)=CN1O)C(F)(F)F. The lowest BCUT2D eigenvalue weighted by Crippen LogP contribution is -2.24. The van der Waals surface area contributed by atoms with Gasteiger partial charge in [0.05, 0.1) is 11.3 Å².